The van der Waals surface area contributed by atoms with E-state index < -0.39 is 5.82 Å². The monoisotopic (exact) mass is 415 g/mol. The van der Waals surface area contributed by atoms with Gasteiger partial charge in [0.25, 0.3) is 11.8 Å². The average Bonchev–Trinajstić information content (AvgIpc) is 3.20. The molecule has 7 heteroatoms. The first-order valence-electron chi connectivity index (χ1n) is 9.95. The van der Waals surface area contributed by atoms with Gasteiger partial charge in [0.2, 0.25) is 0 Å². The number of rotatable bonds is 6. The molecular formula is C22H23ClFN3O2. The zero-order valence-electron chi connectivity index (χ0n) is 16.1. The molecule has 2 saturated carbocycles. The summed E-state index contributed by atoms with van der Waals surface area (Å²) in [5.41, 5.74) is 0.834. The van der Waals surface area contributed by atoms with Crippen molar-refractivity contribution in [3.05, 3.63) is 64.7 Å². The smallest absolute Gasteiger partial charge is 0.270 e. The van der Waals surface area contributed by atoms with Gasteiger partial charge in [-0.25, -0.2) is 9.37 Å². The second-order valence-corrected chi connectivity index (χ2v) is 8.34. The van der Waals surface area contributed by atoms with E-state index in [4.69, 9.17) is 11.6 Å². The van der Waals surface area contributed by atoms with Crippen molar-refractivity contribution in [3.8, 4) is 0 Å². The van der Waals surface area contributed by atoms with E-state index in [1.54, 1.807) is 24.3 Å². The highest BCUT2D eigenvalue weighted by atomic mass is 35.5. The first-order chi connectivity index (χ1) is 14.0. The van der Waals surface area contributed by atoms with E-state index in [1.807, 2.05) is 0 Å². The van der Waals surface area contributed by atoms with Crippen molar-refractivity contribution in [3.63, 3.8) is 0 Å². The summed E-state index contributed by atoms with van der Waals surface area (Å²) >= 11 is 5.89. The van der Waals surface area contributed by atoms with Crippen LogP contribution in [0.1, 0.15) is 47.0 Å². The minimum Gasteiger partial charge on any atom is -0.349 e. The number of benzene rings is 1. The van der Waals surface area contributed by atoms with E-state index in [9.17, 15) is 14.0 Å². The molecule has 1 heterocycles. The molecule has 2 fully saturated rings. The number of hydrogen-bond donors (Lipinski definition) is 2. The molecule has 2 aromatic rings. The van der Waals surface area contributed by atoms with Crippen LogP contribution < -0.4 is 10.6 Å². The number of carbonyl (C=O) groups is 2. The van der Waals surface area contributed by atoms with Crippen molar-refractivity contribution in [1.82, 2.24) is 15.6 Å². The third-order valence-corrected chi connectivity index (χ3v) is 6.39. The minimum absolute atomic E-state index is 0.0780. The summed E-state index contributed by atoms with van der Waals surface area (Å²) in [5.74, 6) is 0.668. The van der Waals surface area contributed by atoms with Gasteiger partial charge in [0.15, 0.2) is 0 Å². The summed E-state index contributed by atoms with van der Waals surface area (Å²) < 4.78 is 13.0. The second-order valence-electron chi connectivity index (χ2n) is 7.90. The molecule has 152 valence electrons. The molecule has 0 saturated heterocycles. The number of amides is 2. The first-order valence-corrected chi connectivity index (χ1v) is 10.3. The molecular weight excluding hydrogens is 393 g/mol. The number of pyridine rings is 1. The van der Waals surface area contributed by atoms with Gasteiger partial charge in [-0.15, -0.1) is 0 Å². The van der Waals surface area contributed by atoms with Crippen LogP contribution in [0, 0.1) is 23.6 Å². The third kappa shape index (κ3) is 4.27. The fourth-order valence-corrected chi connectivity index (χ4v) is 4.83. The average molecular weight is 416 g/mol. The third-order valence-electron chi connectivity index (χ3n) is 6.13. The normalized spacial score (nSPS) is 25.8. The Labute approximate surface area is 174 Å². The topological polar surface area (TPSA) is 71.1 Å². The number of halogens is 2. The van der Waals surface area contributed by atoms with E-state index in [-0.39, 0.29) is 29.6 Å². The van der Waals surface area contributed by atoms with Crippen LogP contribution in [0.25, 0.3) is 0 Å². The molecule has 0 spiro atoms. The van der Waals surface area contributed by atoms with Gasteiger partial charge in [0, 0.05) is 22.7 Å². The number of aromatic nitrogens is 1. The molecule has 0 bridgehead atoms. The van der Waals surface area contributed by atoms with Gasteiger partial charge in [0.1, 0.15) is 11.5 Å². The summed E-state index contributed by atoms with van der Waals surface area (Å²) in [4.78, 5) is 28.6. The molecule has 2 aliphatic carbocycles. The Morgan fingerprint density at radius 1 is 1.14 bits per heavy atom. The van der Waals surface area contributed by atoms with Crippen molar-refractivity contribution in [2.24, 2.45) is 17.8 Å². The van der Waals surface area contributed by atoms with Gasteiger partial charge >= 0.3 is 0 Å². The fourth-order valence-electron chi connectivity index (χ4n) is 4.70. The van der Waals surface area contributed by atoms with Crippen molar-refractivity contribution in [2.45, 2.75) is 38.3 Å². The maximum absolute atomic E-state index is 13.0. The van der Waals surface area contributed by atoms with Crippen LogP contribution in [0.15, 0.2) is 42.6 Å². The van der Waals surface area contributed by atoms with Crippen LogP contribution in [0.2, 0.25) is 5.02 Å². The van der Waals surface area contributed by atoms with E-state index in [2.05, 4.69) is 22.5 Å². The number of hydrogen-bond acceptors (Lipinski definition) is 3. The SMILES string of the molecule is CCC(NC(=O)c1ccc(Cl)cc1)[C@H]1[C@@H]2C[C@H](NC(=O)c3ccc(F)cn3)C[C@@H]21. The summed E-state index contributed by atoms with van der Waals surface area (Å²) in [7, 11) is 0. The molecule has 5 nitrogen and oxygen atoms in total. The number of nitrogens with zero attached hydrogens (tertiary/aromatic N) is 1. The Morgan fingerprint density at radius 3 is 2.41 bits per heavy atom. The summed E-state index contributed by atoms with van der Waals surface area (Å²) in [6, 6.07) is 9.75. The van der Waals surface area contributed by atoms with Crippen molar-refractivity contribution in [1.29, 1.82) is 0 Å². The van der Waals surface area contributed by atoms with Crippen LogP contribution >= 0.6 is 11.6 Å². The van der Waals surface area contributed by atoms with Crippen molar-refractivity contribution >= 4 is 23.4 Å². The Balaban J connectivity index is 1.29. The zero-order valence-corrected chi connectivity index (χ0v) is 16.8. The quantitative estimate of drug-likeness (QED) is 0.753. The van der Waals surface area contributed by atoms with Crippen molar-refractivity contribution < 1.29 is 14.0 Å². The van der Waals surface area contributed by atoms with E-state index in [0.29, 0.717) is 28.3 Å². The van der Waals surface area contributed by atoms with Gasteiger partial charge in [-0.1, -0.05) is 18.5 Å². The summed E-state index contributed by atoms with van der Waals surface area (Å²) in [5, 5.41) is 6.77. The van der Waals surface area contributed by atoms with Gasteiger partial charge in [0.05, 0.1) is 6.20 Å². The lowest BCUT2D eigenvalue weighted by atomic mass is 9.99. The van der Waals surface area contributed by atoms with Crippen LogP contribution in [-0.2, 0) is 0 Å². The van der Waals surface area contributed by atoms with E-state index >= 15 is 0 Å². The van der Waals surface area contributed by atoms with Crippen LogP contribution in [-0.4, -0.2) is 28.9 Å². The van der Waals surface area contributed by atoms with Gasteiger partial charge < -0.3 is 10.6 Å². The predicted molar refractivity (Wildman–Crippen MR) is 108 cm³/mol. The first kappa shape index (κ1) is 19.8. The Hall–Kier alpha value is -2.47. The lowest BCUT2D eigenvalue weighted by Crippen LogP contribution is -2.39. The zero-order chi connectivity index (χ0) is 20.5. The lowest BCUT2D eigenvalue weighted by Gasteiger charge is -2.22. The molecule has 5 atom stereocenters. The molecule has 1 aromatic carbocycles. The molecule has 2 amide bonds. The largest absolute Gasteiger partial charge is 0.349 e. The standard InChI is InChI=1S/C22H23ClFN3O2/c1-2-18(27-21(28)12-3-5-13(23)6-4-12)20-16-9-15(10-17(16)20)26-22(29)19-8-7-14(24)11-25-19/h3-8,11,15-18,20H,2,9-10H2,1H3,(H,26,29)(H,27,28)/t15-,16+,17-,18?,20-. The molecule has 0 aliphatic heterocycles. The molecule has 29 heavy (non-hydrogen) atoms. The fraction of sp³-hybridized carbons (Fsp3) is 0.409. The maximum Gasteiger partial charge on any atom is 0.270 e. The number of nitrogens with one attached hydrogen (secondary N) is 2. The van der Waals surface area contributed by atoms with E-state index in [0.717, 1.165) is 25.5 Å². The predicted octanol–water partition coefficient (Wildman–Crippen LogP) is 3.84. The molecule has 0 radical (unpaired) electrons. The van der Waals surface area contributed by atoms with Crippen LogP contribution in [0.3, 0.4) is 0 Å². The molecule has 2 N–H and O–H groups in total. The van der Waals surface area contributed by atoms with Gasteiger partial charge in [-0.3, -0.25) is 9.59 Å². The Kier molecular flexibility index (Phi) is 5.54. The van der Waals surface area contributed by atoms with E-state index in [1.165, 1.54) is 12.1 Å². The van der Waals surface area contributed by atoms with Crippen LogP contribution in [0.5, 0.6) is 0 Å². The molecule has 4 rings (SSSR count). The highest BCUT2D eigenvalue weighted by molar-refractivity contribution is 6.30. The maximum atomic E-state index is 13.0. The van der Waals surface area contributed by atoms with Crippen molar-refractivity contribution in [2.75, 3.05) is 0 Å². The minimum atomic E-state index is -0.460. The van der Waals surface area contributed by atoms with Gasteiger partial charge in [-0.2, -0.15) is 0 Å². The summed E-state index contributed by atoms with van der Waals surface area (Å²) in [6.07, 6.45) is 3.71. The highest BCUT2D eigenvalue weighted by Gasteiger charge is 2.58. The Morgan fingerprint density at radius 2 is 1.83 bits per heavy atom. The number of fused-ring (bicyclic) bond motifs is 1. The Bertz CT molecular complexity index is 891. The molecule has 1 aromatic heterocycles. The second kappa shape index (κ2) is 8.11. The molecule has 2 aliphatic rings. The molecule has 1 unspecified atom stereocenters. The summed E-state index contributed by atoms with van der Waals surface area (Å²) in [6.45, 7) is 2.08. The number of carbonyl (C=O) groups excluding carboxylic acids is 2. The lowest BCUT2D eigenvalue weighted by molar-refractivity contribution is 0.0926. The highest BCUT2D eigenvalue weighted by Crippen LogP contribution is 2.59. The van der Waals surface area contributed by atoms with Gasteiger partial charge in [-0.05, 0) is 73.4 Å². The van der Waals surface area contributed by atoms with Crippen LogP contribution in [0.4, 0.5) is 4.39 Å².